The Morgan fingerprint density at radius 1 is 1.36 bits per heavy atom. The predicted octanol–water partition coefficient (Wildman–Crippen LogP) is 2.80. The first-order valence-electron chi connectivity index (χ1n) is 5.21. The van der Waals surface area contributed by atoms with Gasteiger partial charge in [-0.15, -0.1) is 0 Å². The molecule has 0 saturated heterocycles. The number of phenolic OH excluding ortho intramolecular Hbond substituents is 1. The van der Waals surface area contributed by atoms with Gasteiger partial charge in [0.2, 0.25) is 0 Å². The summed E-state index contributed by atoms with van der Waals surface area (Å²) in [5.74, 6) is 0.375. The van der Waals surface area contributed by atoms with Crippen molar-refractivity contribution in [3.8, 4) is 5.75 Å². The smallest absolute Gasteiger partial charge is 0.119 e. The van der Waals surface area contributed by atoms with Crippen LogP contribution in [0.3, 0.4) is 0 Å². The first-order chi connectivity index (χ1) is 6.61. The summed E-state index contributed by atoms with van der Waals surface area (Å²) in [6.45, 7) is 6.09. The van der Waals surface area contributed by atoms with Gasteiger partial charge in [0.15, 0.2) is 0 Å². The molecule has 0 amide bonds. The lowest BCUT2D eigenvalue weighted by Crippen LogP contribution is -2.02. The quantitative estimate of drug-likeness (QED) is 0.572. The standard InChI is InChI=1S/C12H19NO/c1-4-6-9-7-11(14)8(3)10(5-2)12(9)13/h7,14H,4-6,13H2,1-3H3. The summed E-state index contributed by atoms with van der Waals surface area (Å²) in [5, 5.41) is 9.71. The Morgan fingerprint density at radius 2 is 2.00 bits per heavy atom. The topological polar surface area (TPSA) is 46.2 Å². The molecule has 0 unspecified atom stereocenters. The van der Waals surface area contributed by atoms with Crippen LogP contribution in [-0.4, -0.2) is 5.11 Å². The Morgan fingerprint density at radius 3 is 2.50 bits per heavy atom. The highest BCUT2D eigenvalue weighted by molar-refractivity contribution is 5.61. The van der Waals surface area contributed by atoms with Crippen LogP contribution < -0.4 is 5.73 Å². The molecule has 0 aliphatic carbocycles. The fourth-order valence-electron chi connectivity index (χ4n) is 1.83. The maximum absolute atomic E-state index is 9.71. The number of nitrogens with two attached hydrogens (primary N) is 1. The number of nitrogen functional groups attached to an aromatic ring is 1. The molecule has 0 fully saturated rings. The molecular weight excluding hydrogens is 174 g/mol. The normalized spacial score (nSPS) is 10.5. The summed E-state index contributed by atoms with van der Waals surface area (Å²) in [6.07, 6.45) is 2.87. The van der Waals surface area contributed by atoms with E-state index in [4.69, 9.17) is 5.73 Å². The van der Waals surface area contributed by atoms with Gasteiger partial charge in [-0.2, -0.15) is 0 Å². The number of rotatable bonds is 3. The average molecular weight is 193 g/mol. The monoisotopic (exact) mass is 193 g/mol. The minimum Gasteiger partial charge on any atom is -0.508 e. The van der Waals surface area contributed by atoms with Crippen molar-refractivity contribution in [1.29, 1.82) is 0 Å². The van der Waals surface area contributed by atoms with Gasteiger partial charge < -0.3 is 10.8 Å². The minimum absolute atomic E-state index is 0.375. The van der Waals surface area contributed by atoms with E-state index in [0.29, 0.717) is 5.75 Å². The van der Waals surface area contributed by atoms with Crippen molar-refractivity contribution in [2.75, 3.05) is 5.73 Å². The van der Waals surface area contributed by atoms with E-state index in [9.17, 15) is 5.11 Å². The van der Waals surface area contributed by atoms with Gasteiger partial charge in [-0.1, -0.05) is 20.3 Å². The summed E-state index contributed by atoms with van der Waals surface area (Å²) < 4.78 is 0. The summed E-state index contributed by atoms with van der Waals surface area (Å²) in [5.41, 5.74) is 9.99. The fraction of sp³-hybridized carbons (Fsp3) is 0.500. The molecule has 2 nitrogen and oxygen atoms in total. The summed E-state index contributed by atoms with van der Waals surface area (Å²) in [7, 11) is 0. The van der Waals surface area contributed by atoms with Crippen LogP contribution in [0, 0.1) is 6.92 Å². The van der Waals surface area contributed by atoms with Crippen LogP contribution in [-0.2, 0) is 12.8 Å². The van der Waals surface area contributed by atoms with Gasteiger partial charge >= 0.3 is 0 Å². The van der Waals surface area contributed by atoms with Crippen LogP contribution in [0.5, 0.6) is 5.75 Å². The molecule has 1 aromatic rings. The average Bonchev–Trinajstić information content (AvgIpc) is 2.16. The van der Waals surface area contributed by atoms with E-state index in [0.717, 1.165) is 41.6 Å². The summed E-state index contributed by atoms with van der Waals surface area (Å²) in [6, 6.07) is 1.80. The SMILES string of the molecule is CCCc1cc(O)c(C)c(CC)c1N. The molecule has 1 aromatic carbocycles. The lowest BCUT2D eigenvalue weighted by molar-refractivity contribution is 0.469. The van der Waals surface area contributed by atoms with Crippen LogP contribution in [0.1, 0.15) is 37.0 Å². The molecule has 0 bridgehead atoms. The van der Waals surface area contributed by atoms with Gasteiger partial charge in [0.25, 0.3) is 0 Å². The number of benzene rings is 1. The van der Waals surface area contributed by atoms with Crippen LogP contribution in [0.25, 0.3) is 0 Å². The van der Waals surface area contributed by atoms with Crippen molar-refractivity contribution in [2.24, 2.45) is 0 Å². The highest BCUT2D eigenvalue weighted by Gasteiger charge is 2.10. The molecule has 0 atom stereocenters. The van der Waals surface area contributed by atoms with Gasteiger partial charge in [0, 0.05) is 5.69 Å². The van der Waals surface area contributed by atoms with Gasteiger partial charge in [-0.25, -0.2) is 0 Å². The third-order valence-corrected chi connectivity index (χ3v) is 2.69. The minimum atomic E-state index is 0.375. The van der Waals surface area contributed by atoms with Crippen molar-refractivity contribution in [1.82, 2.24) is 0 Å². The van der Waals surface area contributed by atoms with E-state index >= 15 is 0 Å². The molecule has 0 heterocycles. The number of aryl methyl sites for hydroxylation is 1. The largest absolute Gasteiger partial charge is 0.508 e. The van der Waals surface area contributed by atoms with Crippen LogP contribution in [0.15, 0.2) is 6.07 Å². The molecule has 0 radical (unpaired) electrons. The third kappa shape index (κ3) is 1.84. The van der Waals surface area contributed by atoms with E-state index in [2.05, 4.69) is 13.8 Å². The zero-order chi connectivity index (χ0) is 10.7. The maximum atomic E-state index is 9.71. The van der Waals surface area contributed by atoms with Crippen molar-refractivity contribution < 1.29 is 5.11 Å². The summed E-state index contributed by atoms with van der Waals surface area (Å²) >= 11 is 0. The third-order valence-electron chi connectivity index (χ3n) is 2.69. The van der Waals surface area contributed by atoms with E-state index in [1.54, 1.807) is 6.07 Å². The molecule has 14 heavy (non-hydrogen) atoms. The Labute approximate surface area is 85.8 Å². The zero-order valence-corrected chi connectivity index (χ0v) is 9.22. The van der Waals surface area contributed by atoms with Crippen molar-refractivity contribution in [2.45, 2.75) is 40.0 Å². The van der Waals surface area contributed by atoms with Crippen molar-refractivity contribution >= 4 is 5.69 Å². The molecule has 0 aliphatic heterocycles. The number of aromatic hydroxyl groups is 1. The Balaban J connectivity index is 3.27. The molecule has 0 aromatic heterocycles. The van der Waals surface area contributed by atoms with Gasteiger partial charge in [0.05, 0.1) is 0 Å². The maximum Gasteiger partial charge on any atom is 0.119 e. The molecule has 1 rings (SSSR count). The Bertz CT molecular complexity index is 332. The second-order valence-electron chi connectivity index (χ2n) is 3.68. The zero-order valence-electron chi connectivity index (χ0n) is 9.22. The fourth-order valence-corrected chi connectivity index (χ4v) is 1.83. The molecule has 78 valence electrons. The molecule has 3 N–H and O–H groups in total. The highest BCUT2D eigenvalue weighted by Crippen LogP contribution is 2.30. The van der Waals surface area contributed by atoms with Crippen molar-refractivity contribution in [3.63, 3.8) is 0 Å². The second kappa shape index (κ2) is 4.36. The second-order valence-corrected chi connectivity index (χ2v) is 3.68. The highest BCUT2D eigenvalue weighted by atomic mass is 16.3. The lowest BCUT2D eigenvalue weighted by atomic mass is 9.96. The number of phenols is 1. The van der Waals surface area contributed by atoms with Crippen LogP contribution >= 0.6 is 0 Å². The first kappa shape index (κ1) is 10.9. The predicted molar refractivity (Wildman–Crippen MR) is 60.6 cm³/mol. The van der Waals surface area contributed by atoms with Crippen LogP contribution in [0.4, 0.5) is 5.69 Å². The lowest BCUT2D eigenvalue weighted by Gasteiger charge is -2.13. The van der Waals surface area contributed by atoms with E-state index in [1.807, 2.05) is 6.92 Å². The van der Waals surface area contributed by atoms with E-state index in [-0.39, 0.29) is 0 Å². The molecule has 0 aliphatic rings. The molecule has 2 heteroatoms. The molecular formula is C12H19NO. The number of hydrogen-bond donors (Lipinski definition) is 2. The Hall–Kier alpha value is -1.18. The van der Waals surface area contributed by atoms with Gasteiger partial charge in [-0.3, -0.25) is 0 Å². The summed E-state index contributed by atoms with van der Waals surface area (Å²) in [4.78, 5) is 0. The van der Waals surface area contributed by atoms with E-state index in [1.165, 1.54) is 0 Å². The van der Waals surface area contributed by atoms with Gasteiger partial charge in [-0.05, 0) is 42.5 Å². The van der Waals surface area contributed by atoms with E-state index < -0.39 is 0 Å². The first-order valence-corrected chi connectivity index (χ1v) is 5.21. The Kier molecular flexibility index (Phi) is 3.39. The molecule has 0 spiro atoms. The van der Waals surface area contributed by atoms with Gasteiger partial charge in [0.1, 0.15) is 5.75 Å². The van der Waals surface area contributed by atoms with Crippen LogP contribution in [0.2, 0.25) is 0 Å². The number of anilines is 1. The molecule has 0 saturated carbocycles. The van der Waals surface area contributed by atoms with Crippen molar-refractivity contribution in [3.05, 3.63) is 22.8 Å². The number of hydrogen-bond acceptors (Lipinski definition) is 2.